The monoisotopic (exact) mass is 519 g/mol. The molecule has 0 rings (SSSR count). The number of carboxylic acid groups (broad SMARTS) is 1. The van der Waals surface area contributed by atoms with Gasteiger partial charge in [0, 0.05) is 5.75 Å². The molecule has 0 heterocycles. The van der Waals surface area contributed by atoms with Crippen LogP contribution in [0.5, 0.6) is 0 Å². The maximum absolute atomic E-state index is 12.5. The largest absolute Gasteiger partial charge is 0.480 e. The van der Waals surface area contributed by atoms with Gasteiger partial charge in [-0.1, -0.05) is 6.42 Å². The van der Waals surface area contributed by atoms with Crippen LogP contribution in [0.2, 0.25) is 0 Å². The lowest BCUT2D eigenvalue weighted by Crippen LogP contribution is -2.57. The molecule has 5 atom stereocenters. The second-order valence-electron chi connectivity index (χ2n) is 8.28. The summed E-state index contributed by atoms with van der Waals surface area (Å²) in [6, 6.07) is -5.03. The summed E-state index contributed by atoms with van der Waals surface area (Å²) in [7, 11) is 0. The minimum absolute atomic E-state index is 0.0268. The summed E-state index contributed by atoms with van der Waals surface area (Å²) < 4.78 is 0. The van der Waals surface area contributed by atoms with Gasteiger partial charge >= 0.3 is 5.97 Å². The summed E-state index contributed by atoms with van der Waals surface area (Å²) >= 11 is 4.08. The van der Waals surface area contributed by atoms with Gasteiger partial charge in [0.25, 0.3) is 0 Å². The number of nitrogens with one attached hydrogen (secondary N) is 4. The van der Waals surface area contributed by atoms with E-state index in [-0.39, 0.29) is 12.2 Å². The highest BCUT2D eigenvalue weighted by Crippen LogP contribution is 2.02. The fraction of sp³-hybridized carbons (Fsp3) is 0.762. The highest BCUT2D eigenvalue weighted by molar-refractivity contribution is 7.80. The first-order valence-corrected chi connectivity index (χ1v) is 12.3. The lowest BCUT2D eigenvalue weighted by atomic mass is 10.1. The van der Waals surface area contributed by atoms with Gasteiger partial charge in [-0.25, -0.2) is 4.79 Å². The summed E-state index contributed by atoms with van der Waals surface area (Å²) in [5.74, 6) is -3.72. The maximum Gasteiger partial charge on any atom is 0.326 e. The zero-order chi connectivity index (χ0) is 27.0. The molecule has 11 N–H and O–H groups in total. The van der Waals surface area contributed by atoms with Gasteiger partial charge in [-0.2, -0.15) is 12.6 Å². The highest BCUT2D eigenvalue weighted by atomic mass is 32.1. The molecule has 0 aliphatic carbocycles. The first kappa shape index (κ1) is 32.6. The van der Waals surface area contributed by atoms with E-state index in [9.17, 15) is 29.1 Å². The van der Waals surface area contributed by atoms with Crippen LogP contribution >= 0.6 is 12.6 Å². The normalized spacial score (nSPS) is 15.1. The zero-order valence-corrected chi connectivity index (χ0v) is 21.3. The summed E-state index contributed by atoms with van der Waals surface area (Å²) in [6.45, 7) is 3.70. The van der Waals surface area contributed by atoms with Crippen LogP contribution in [0, 0.1) is 0 Å². The van der Waals surface area contributed by atoms with Crippen molar-refractivity contribution in [1.82, 2.24) is 21.3 Å². The minimum atomic E-state index is -1.19. The Balaban J connectivity index is 4.76. The number of amides is 4. The molecule has 0 aliphatic rings. The summed E-state index contributed by atoms with van der Waals surface area (Å²) in [4.78, 5) is 60.8. The van der Waals surface area contributed by atoms with Crippen LogP contribution in [0.3, 0.4) is 0 Å². The van der Waals surface area contributed by atoms with E-state index in [0.29, 0.717) is 38.8 Å². The van der Waals surface area contributed by atoms with Crippen molar-refractivity contribution in [3.05, 3.63) is 0 Å². The van der Waals surface area contributed by atoms with E-state index in [1.807, 2.05) is 0 Å². The van der Waals surface area contributed by atoms with E-state index < -0.39 is 59.8 Å². The third-order valence-electron chi connectivity index (χ3n) is 5.19. The smallest absolute Gasteiger partial charge is 0.326 e. The summed E-state index contributed by atoms with van der Waals surface area (Å²) in [6.07, 6.45) is 3.17. The molecule has 0 aliphatic heterocycles. The number of hydrogen-bond donors (Lipinski definition) is 9. The van der Waals surface area contributed by atoms with Crippen molar-refractivity contribution in [3.63, 3.8) is 0 Å². The number of unbranched alkanes of at least 4 members (excludes halogenated alkanes) is 2. The topological polar surface area (TPSA) is 232 Å². The van der Waals surface area contributed by atoms with Gasteiger partial charge in [0.05, 0.1) is 6.04 Å². The van der Waals surface area contributed by atoms with E-state index in [0.717, 1.165) is 6.42 Å². The van der Waals surface area contributed by atoms with Crippen LogP contribution in [0.1, 0.15) is 52.4 Å². The summed E-state index contributed by atoms with van der Waals surface area (Å²) in [5.41, 5.74) is 16.6. The minimum Gasteiger partial charge on any atom is -0.480 e. The molecule has 0 aromatic carbocycles. The second-order valence-corrected chi connectivity index (χ2v) is 8.64. The number of carboxylic acids is 1. The molecule has 0 radical (unpaired) electrons. The lowest BCUT2D eigenvalue weighted by Gasteiger charge is -2.23. The number of aliphatic carboxylic acids is 1. The second kappa shape index (κ2) is 17.9. The summed E-state index contributed by atoms with van der Waals surface area (Å²) in [5, 5.41) is 19.0. The van der Waals surface area contributed by atoms with Gasteiger partial charge in [-0.15, -0.1) is 0 Å². The predicted molar refractivity (Wildman–Crippen MR) is 134 cm³/mol. The van der Waals surface area contributed by atoms with Crippen LogP contribution in [0.25, 0.3) is 0 Å². The number of rotatable bonds is 18. The van der Waals surface area contributed by atoms with Crippen molar-refractivity contribution in [2.45, 2.75) is 82.6 Å². The molecule has 202 valence electrons. The molecule has 4 amide bonds. The predicted octanol–water partition coefficient (Wildman–Crippen LogP) is -2.43. The van der Waals surface area contributed by atoms with Crippen LogP contribution < -0.4 is 38.5 Å². The van der Waals surface area contributed by atoms with E-state index >= 15 is 0 Å². The molecule has 0 saturated carbocycles. The third kappa shape index (κ3) is 13.3. The molecule has 0 unspecified atom stereocenters. The van der Waals surface area contributed by atoms with Crippen LogP contribution in [0.4, 0.5) is 0 Å². The van der Waals surface area contributed by atoms with E-state index in [1.165, 1.54) is 13.8 Å². The molecule has 13 nitrogen and oxygen atoms in total. The molecule has 0 fully saturated rings. The Hall–Kier alpha value is -2.42. The molecule has 0 spiro atoms. The first-order chi connectivity index (χ1) is 16.5. The molecule has 14 heteroatoms. The molecular weight excluding hydrogens is 478 g/mol. The number of carbonyl (C=O) groups excluding carboxylic acids is 4. The van der Waals surface area contributed by atoms with Crippen molar-refractivity contribution in [3.8, 4) is 0 Å². The van der Waals surface area contributed by atoms with Crippen molar-refractivity contribution >= 4 is 42.2 Å². The maximum atomic E-state index is 12.5. The number of thiol groups is 1. The third-order valence-corrected chi connectivity index (χ3v) is 5.55. The van der Waals surface area contributed by atoms with Crippen LogP contribution in [-0.2, 0) is 24.0 Å². The Kier molecular flexibility index (Phi) is 16.7. The number of hydrogen-bond acceptors (Lipinski definition) is 9. The average Bonchev–Trinajstić information content (AvgIpc) is 2.81. The Morgan fingerprint density at radius 2 is 1.17 bits per heavy atom. The van der Waals surface area contributed by atoms with Crippen molar-refractivity contribution in [2.75, 3.05) is 18.8 Å². The molecule has 0 aromatic heterocycles. The van der Waals surface area contributed by atoms with Crippen molar-refractivity contribution in [2.24, 2.45) is 17.2 Å². The van der Waals surface area contributed by atoms with E-state index in [2.05, 4.69) is 33.9 Å². The van der Waals surface area contributed by atoms with Gasteiger partial charge in [-0.3, -0.25) is 19.2 Å². The van der Waals surface area contributed by atoms with Crippen molar-refractivity contribution in [1.29, 1.82) is 0 Å². The Morgan fingerprint density at radius 1 is 0.714 bits per heavy atom. The van der Waals surface area contributed by atoms with Gasteiger partial charge in [0.1, 0.15) is 24.2 Å². The number of nitrogens with two attached hydrogens (primary N) is 3. The molecular formula is C21H41N7O6S. The quantitative estimate of drug-likeness (QED) is 0.0690. The van der Waals surface area contributed by atoms with E-state index in [4.69, 9.17) is 17.2 Å². The zero-order valence-electron chi connectivity index (χ0n) is 20.4. The van der Waals surface area contributed by atoms with Crippen LogP contribution in [0.15, 0.2) is 0 Å². The Bertz CT molecular complexity index is 712. The van der Waals surface area contributed by atoms with Gasteiger partial charge in [-0.05, 0) is 59.0 Å². The van der Waals surface area contributed by atoms with Crippen molar-refractivity contribution < 1.29 is 29.1 Å². The Labute approximate surface area is 211 Å². The first-order valence-electron chi connectivity index (χ1n) is 11.7. The molecule has 0 bridgehead atoms. The van der Waals surface area contributed by atoms with Gasteiger partial charge in [0.2, 0.25) is 23.6 Å². The highest BCUT2D eigenvalue weighted by Gasteiger charge is 2.28. The molecule has 0 aromatic rings. The standard InChI is InChI=1S/C21H41N7O6S/c1-12(26-20(32)16(11-35)28-19(31)14(24)7-3-5-9-22)17(29)25-13(2)18(30)27-15(21(33)34)8-4-6-10-23/h12-16,35H,3-11,22-24H2,1-2H3,(H,25,29)(H,26,32)(H,27,30)(H,28,31)(H,33,34)/t12-,13-,14-,15-,16-/m0/s1. The van der Waals surface area contributed by atoms with Gasteiger partial charge < -0.3 is 43.6 Å². The molecule has 35 heavy (non-hydrogen) atoms. The SMILES string of the molecule is C[C@H](NC(=O)[C@H](C)NC(=O)[C@H](CS)NC(=O)[C@@H](N)CCCCN)C(=O)N[C@@H](CCCCN)C(=O)O. The lowest BCUT2D eigenvalue weighted by molar-refractivity contribution is -0.142. The number of carbonyl (C=O) groups is 5. The fourth-order valence-electron chi connectivity index (χ4n) is 2.94. The van der Waals surface area contributed by atoms with E-state index in [1.54, 1.807) is 0 Å². The Morgan fingerprint density at radius 3 is 1.66 bits per heavy atom. The van der Waals surface area contributed by atoms with Gasteiger partial charge in [0.15, 0.2) is 0 Å². The van der Waals surface area contributed by atoms with Crippen LogP contribution in [-0.4, -0.2) is 83.8 Å². The average molecular weight is 520 g/mol. The molecule has 0 saturated heterocycles. The fourth-order valence-corrected chi connectivity index (χ4v) is 3.20.